The minimum atomic E-state index is 0.712. The molecule has 0 fully saturated rings. The lowest BCUT2D eigenvalue weighted by atomic mass is 10.1. The van der Waals surface area contributed by atoms with Gasteiger partial charge in [0.25, 0.3) is 0 Å². The third-order valence-electron chi connectivity index (χ3n) is 2.05. The van der Waals surface area contributed by atoms with Gasteiger partial charge in [0.2, 0.25) is 0 Å². The third-order valence-corrected chi connectivity index (χ3v) is 2.05. The van der Waals surface area contributed by atoms with E-state index in [2.05, 4.69) is 26.8 Å². The van der Waals surface area contributed by atoms with Gasteiger partial charge < -0.3 is 4.74 Å². The summed E-state index contributed by atoms with van der Waals surface area (Å²) in [6.07, 6.45) is 1.12. The van der Waals surface area contributed by atoms with Gasteiger partial charge >= 0.3 is 0 Å². The standard InChI is InChI=1S/C12H18O.2C2H6/c1-10(2)8-9-13-12-7-5-4-6-11(12)3;2*1-2/h4-7,10H,8-9H2,1-3H3;2*1-2H3. The van der Waals surface area contributed by atoms with Crippen molar-refractivity contribution in [2.24, 2.45) is 5.92 Å². The first-order valence-electron chi connectivity index (χ1n) is 6.88. The van der Waals surface area contributed by atoms with Gasteiger partial charge in [0.15, 0.2) is 0 Å². The van der Waals surface area contributed by atoms with E-state index in [0.717, 1.165) is 18.8 Å². The second-order valence-electron chi connectivity index (χ2n) is 3.80. The van der Waals surface area contributed by atoms with Crippen molar-refractivity contribution in [3.63, 3.8) is 0 Å². The van der Waals surface area contributed by atoms with Crippen LogP contribution in [0.15, 0.2) is 24.3 Å². The van der Waals surface area contributed by atoms with E-state index in [9.17, 15) is 0 Å². The number of benzene rings is 1. The first-order chi connectivity index (χ1) is 8.20. The van der Waals surface area contributed by atoms with Gasteiger partial charge in [-0.1, -0.05) is 59.7 Å². The van der Waals surface area contributed by atoms with E-state index >= 15 is 0 Å². The van der Waals surface area contributed by atoms with Crippen molar-refractivity contribution < 1.29 is 4.74 Å². The number of hydrogen-bond acceptors (Lipinski definition) is 1. The summed E-state index contributed by atoms with van der Waals surface area (Å²) >= 11 is 0. The summed E-state index contributed by atoms with van der Waals surface area (Å²) in [6, 6.07) is 8.14. The van der Waals surface area contributed by atoms with E-state index in [1.165, 1.54) is 5.56 Å². The van der Waals surface area contributed by atoms with Gasteiger partial charge in [-0.05, 0) is 30.9 Å². The Hall–Kier alpha value is -0.980. The van der Waals surface area contributed by atoms with Crippen molar-refractivity contribution in [3.8, 4) is 5.75 Å². The molecule has 0 aliphatic rings. The van der Waals surface area contributed by atoms with Crippen molar-refractivity contribution in [2.45, 2.75) is 54.9 Å². The van der Waals surface area contributed by atoms with E-state index in [4.69, 9.17) is 4.74 Å². The fourth-order valence-corrected chi connectivity index (χ4v) is 1.12. The van der Waals surface area contributed by atoms with Gasteiger partial charge in [0.1, 0.15) is 5.75 Å². The maximum absolute atomic E-state index is 5.65. The molecule has 1 aromatic carbocycles. The molecule has 1 heteroatoms. The van der Waals surface area contributed by atoms with Crippen LogP contribution in [0.25, 0.3) is 0 Å². The van der Waals surface area contributed by atoms with Crippen LogP contribution in [0.1, 0.15) is 53.5 Å². The van der Waals surface area contributed by atoms with Gasteiger partial charge in [0.05, 0.1) is 6.61 Å². The zero-order valence-electron chi connectivity index (χ0n) is 12.7. The Morgan fingerprint density at radius 3 is 2.00 bits per heavy atom. The maximum atomic E-state index is 5.65. The van der Waals surface area contributed by atoms with Crippen molar-refractivity contribution in [2.75, 3.05) is 6.61 Å². The number of hydrogen-bond donors (Lipinski definition) is 0. The molecular weight excluding hydrogens is 208 g/mol. The van der Waals surface area contributed by atoms with Gasteiger partial charge in [-0.2, -0.15) is 0 Å². The highest BCUT2D eigenvalue weighted by Crippen LogP contribution is 2.16. The molecule has 1 nitrogen and oxygen atoms in total. The first kappa shape index (κ1) is 18.4. The molecule has 0 aromatic heterocycles. The fourth-order valence-electron chi connectivity index (χ4n) is 1.12. The fraction of sp³-hybridized carbons (Fsp3) is 0.625. The molecule has 0 saturated heterocycles. The van der Waals surface area contributed by atoms with Crippen LogP contribution >= 0.6 is 0 Å². The number of aryl methyl sites for hydroxylation is 1. The largest absolute Gasteiger partial charge is 0.493 e. The van der Waals surface area contributed by atoms with Crippen molar-refractivity contribution in [1.29, 1.82) is 0 Å². The minimum Gasteiger partial charge on any atom is -0.493 e. The molecule has 0 saturated carbocycles. The van der Waals surface area contributed by atoms with Crippen molar-refractivity contribution in [1.82, 2.24) is 0 Å². The lowest BCUT2D eigenvalue weighted by Crippen LogP contribution is -2.02. The first-order valence-corrected chi connectivity index (χ1v) is 6.88. The van der Waals surface area contributed by atoms with Crippen LogP contribution in [-0.2, 0) is 0 Å². The predicted molar refractivity (Wildman–Crippen MR) is 78.8 cm³/mol. The van der Waals surface area contributed by atoms with E-state index in [0.29, 0.717) is 5.92 Å². The molecule has 1 aromatic rings. The molecule has 0 N–H and O–H groups in total. The molecule has 0 aliphatic heterocycles. The van der Waals surface area contributed by atoms with Crippen molar-refractivity contribution >= 4 is 0 Å². The molecule has 1 rings (SSSR count). The Balaban J connectivity index is 0. The maximum Gasteiger partial charge on any atom is 0.122 e. The second-order valence-corrected chi connectivity index (χ2v) is 3.80. The normalized spacial score (nSPS) is 8.71. The highest BCUT2D eigenvalue weighted by Gasteiger charge is 1.98. The lowest BCUT2D eigenvalue weighted by Gasteiger charge is -2.09. The van der Waals surface area contributed by atoms with Gasteiger partial charge in [-0.15, -0.1) is 0 Å². The number of rotatable bonds is 4. The van der Waals surface area contributed by atoms with Crippen molar-refractivity contribution in [3.05, 3.63) is 29.8 Å². The summed E-state index contributed by atoms with van der Waals surface area (Å²) in [4.78, 5) is 0. The zero-order chi connectivity index (χ0) is 13.7. The van der Waals surface area contributed by atoms with Crippen LogP contribution in [-0.4, -0.2) is 6.61 Å². The Labute approximate surface area is 108 Å². The van der Waals surface area contributed by atoms with Gasteiger partial charge in [0, 0.05) is 0 Å². The molecule has 0 atom stereocenters. The number of para-hydroxylation sites is 1. The average Bonchev–Trinajstić information content (AvgIpc) is 2.36. The molecule has 0 heterocycles. The monoisotopic (exact) mass is 238 g/mol. The van der Waals surface area contributed by atoms with Crippen LogP contribution < -0.4 is 4.74 Å². The second kappa shape index (κ2) is 13.1. The summed E-state index contributed by atoms with van der Waals surface area (Å²) in [6.45, 7) is 15.3. The number of ether oxygens (including phenoxy) is 1. The predicted octanol–water partition coefficient (Wildman–Crippen LogP) is 5.47. The molecule has 0 spiro atoms. The Morgan fingerprint density at radius 2 is 1.53 bits per heavy atom. The molecule has 17 heavy (non-hydrogen) atoms. The minimum absolute atomic E-state index is 0.712. The highest BCUT2D eigenvalue weighted by atomic mass is 16.5. The Kier molecular flexibility index (Phi) is 14.2. The topological polar surface area (TPSA) is 9.23 Å². The highest BCUT2D eigenvalue weighted by molar-refractivity contribution is 5.31. The summed E-state index contributed by atoms with van der Waals surface area (Å²) in [5, 5.41) is 0. The molecular formula is C16H30O. The molecule has 100 valence electrons. The van der Waals surface area contributed by atoms with E-state index < -0.39 is 0 Å². The molecule has 0 amide bonds. The summed E-state index contributed by atoms with van der Waals surface area (Å²) in [7, 11) is 0. The average molecular weight is 238 g/mol. The molecule has 0 bridgehead atoms. The summed E-state index contributed by atoms with van der Waals surface area (Å²) < 4.78 is 5.65. The molecule has 0 radical (unpaired) electrons. The molecule has 0 unspecified atom stereocenters. The lowest BCUT2D eigenvalue weighted by molar-refractivity contribution is 0.288. The smallest absolute Gasteiger partial charge is 0.122 e. The summed E-state index contributed by atoms with van der Waals surface area (Å²) in [5.41, 5.74) is 1.21. The van der Waals surface area contributed by atoms with Crippen LogP contribution in [0, 0.1) is 12.8 Å². The summed E-state index contributed by atoms with van der Waals surface area (Å²) in [5.74, 6) is 1.73. The van der Waals surface area contributed by atoms with E-state index in [1.807, 2.05) is 45.9 Å². The van der Waals surface area contributed by atoms with Crippen LogP contribution in [0.2, 0.25) is 0 Å². The van der Waals surface area contributed by atoms with Crippen LogP contribution in [0.5, 0.6) is 5.75 Å². The molecule has 0 aliphatic carbocycles. The third kappa shape index (κ3) is 9.92. The SMILES string of the molecule is CC.CC.Cc1ccccc1OCCC(C)C. The van der Waals surface area contributed by atoms with Crippen LogP contribution in [0.4, 0.5) is 0 Å². The zero-order valence-corrected chi connectivity index (χ0v) is 12.7. The van der Waals surface area contributed by atoms with E-state index in [1.54, 1.807) is 0 Å². The Morgan fingerprint density at radius 1 is 1.00 bits per heavy atom. The van der Waals surface area contributed by atoms with Crippen LogP contribution in [0.3, 0.4) is 0 Å². The quantitative estimate of drug-likeness (QED) is 0.675. The van der Waals surface area contributed by atoms with Gasteiger partial charge in [-0.3, -0.25) is 0 Å². The van der Waals surface area contributed by atoms with Gasteiger partial charge in [-0.25, -0.2) is 0 Å². The Bertz CT molecular complexity index is 253. The van der Waals surface area contributed by atoms with E-state index in [-0.39, 0.29) is 0 Å².